The van der Waals surface area contributed by atoms with Gasteiger partial charge in [-0.05, 0) is 64.0 Å². The normalized spacial score (nSPS) is 26.2. The molecule has 3 unspecified atom stereocenters. The van der Waals surface area contributed by atoms with Crippen LogP contribution in [-0.2, 0) is 19.1 Å². The van der Waals surface area contributed by atoms with Crippen molar-refractivity contribution in [1.82, 2.24) is 24.4 Å². The van der Waals surface area contributed by atoms with Crippen molar-refractivity contribution >= 4 is 35.1 Å². The minimum Gasteiger partial charge on any atom is -0.443 e. The number of nitrogens with one attached hydrogen (secondary N) is 1. The van der Waals surface area contributed by atoms with Crippen LogP contribution in [0.3, 0.4) is 0 Å². The molecule has 11 heteroatoms. The molecule has 1 saturated carbocycles. The van der Waals surface area contributed by atoms with Crippen molar-refractivity contribution in [1.29, 1.82) is 0 Å². The zero-order chi connectivity index (χ0) is 25.6. The highest BCUT2D eigenvalue weighted by Crippen LogP contribution is 2.41. The summed E-state index contributed by atoms with van der Waals surface area (Å²) in [6, 6.07) is 2.74. The Kier molecular flexibility index (Phi) is 6.17. The smallest absolute Gasteiger partial charge is 0.417 e. The molecule has 2 saturated heterocycles. The lowest BCUT2D eigenvalue weighted by Gasteiger charge is -2.31. The first-order valence-corrected chi connectivity index (χ1v) is 12.5. The minimum atomic E-state index is -0.852. The number of pyridine rings is 1. The Labute approximate surface area is 209 Å². The number of anilines is 1. The van der Waals surface area contributed by atoms with Crippen LogP contribution in [0.15, 0.2) is 24.7 Å². The molecule has 0 spiro atoms. The summed E-state index contributed by atoms with van der Waals surface area (Å²) in [7, 11) is 0. The zero-order valence-corrected chi connectivity index (χ0v) is 20.8. The molecular formula is C25H32N6O5. The van der Waals surface area contributed by atoms with Crippen LogP contribution in [-0.4, -0.2) is 72.9 Å². The van der Waals surface area contributed by atoms with Gasteiger partial charge < -0.3 is 15.0 Å². The molecule has 1 N–H and O–H groups in total. The van der Waals surface area contributed by atoms with Crippen LogP contribution in [0.5, 0.6) is 0 Å². The van der Waals surface area contributed by atoms with Gasteiger partial charge in [-0.25, -0.2) is 9.69 Å². The Bertz CT molecular complexity index is 1200. The number of nitrogens with zero attached hydrogens (tertiary/aromatic N) is 5. The number of likely N-dealkylation sites (tertiary alicyclic amines) is 2. The number of imide groups is 1. The maximum absolute atomic E-state index is 13.5. The molecule has 192 valence electrons. The molecule has 36 heavy (non-hydrogen) atoms. The van der Waals surface area contributed by atoms with Crippen LogP contribution >= 0.6 is 0 Å². The molecule has 2 aromatic heterocycles. The summed E-state index contributed by atoms with van der Waals surface area (Å²) in [5.41, 5.74) is 0.592. The maximum Gasteiger partial charge on any atom is 0.417 e. The third-order valence-electron chi connectivity index (χ3n) is 7.39. The molecule has 2 aromatic rings. The lowest BCUT2D eigenvalue weighted by Crippen LogP contribution is -2.50. The third kappa shape index (κ3) is 4.66. The summed E-state index contributed by atoms with van der Waals surface area (Å²) < 4.78 is 7.13. The van der Waals surface area contributed by atoms with Gasteiger partial charge in [-0.3, -0.25) is 18.8 Å². The highest BCUT2D eigenvalue weighted by atomic mass is 16.6. The molecule has 0 bridgehead atoms. The number of amides is 4. The van der Waals surface area contributed by atoms with E-state index in [1.807, 2.05) is 0 Å². The van der Waals surface area contributed by atoms with Gasteiger partial charge in [0.1, 0.15) is 18.0 Å². The van der Waals surface area contributed by atoms with E-state index >= 15 is 0 Å². The molecule has 4 amide bonds. The maximum atomic E-state index is 13.5. The van der Waals surface area contributed by atoms with E-state index in [2.05, 4.69) is 15.5 Å². The number of aromatic nitrogens is 3. The van der Waals surface area contributed by atoms with Gasteiger partial charge in [0, 0.05) is 31.6 Å². The molecule has 3 fully saturated rings. The monoisotopic (exact) mass is 496 g/mol. The number of hydrogen-bond donors (Lipinski definition) is 1. The van der Waals surface area contributed by atoms with Crippen LogP contribution < -0.4 is 5.32 Å². The van der Waals surface area contributed by atoms with Crippen molar-refractivity contribution in [3.8, 4) is 0 Å². The Morgan fingerprint density at radius 1 is 1.11 bits per heavy atom. The van der Waals surface area contributed by atoms with Crippen LogP contribution in [0.25, 0.3) is 5.65 Å². The van der Waals surface area contributed by atoms with Gasteiger partial charge >= 0.3 is 6.09 Å². The lowest BCUT2D eigenvalue weighted by molar-refractivity contribution is -0.140. The third-order valence-corrected chi connectivity index (χ3v) is 7.39. The van der Waals surface area contributed by atoms with Crippen LogP contribution in [0.1, 0.15) is 52.9 Å². The molecule has 4 heterocycles. The quantitative estimate of drug-likeness (QED) is 0.692. The standard InChI is InChI=1S/C25H32N6O5/c1-25(2,3)36-24(35)31-19(8-10-21(31)32)23(34)29-11-15-5-4-6-17(18(15)13-29)22(33)27-16-7-9-20-28-26-14-30(20)12-16/h7,9,12,14-15,17-19H,4-6,8,10-11,13H2,1-3H3,(H,27,33)/t15?,17-,18?,19?/m1/s1. The van der Waals surface area contributed by atoms with E-state index in [9.17, 15) is 19.2 Å². The second-order valence-electron chi connectivity index (χ2n) is 11.0. The van der Waals surface area contributed by atoms with E-state index in [0.717, 1.165) is 24.2 Å². The average molecular weight is 497 g/mol. The molecule has 4 atom stereocenters. The van der Waals surface area contributed by atoms with Crippen molar-refractivity contribution in [2.75, 3.05) is 18.4 Å². The van der Waals surface area contributed by atoms with E-state index in [1.54, 1.807) is 54.7 Å². The van der Waals surface area contributed by atoms with Gasteiger partial charge in [0.05, 0.1) is 5.69 Å². The van der Waals surface area contributed by atoms with E-state index < -0.39 is 17.7 Å². The number of rotatable bonds is 3. The van der Waals surface area contributed by atoms with E-state index in [0.29, 0.717) is 24.4 Å². The number of hydrogen-bond acceptors (Lipinski definition) is 7. The summed E-state index contributed by atoms with van der Waals surface area (Å²) in [5, 5.41) is 10.9. The van der Waals surface area contributed by atoms with Crippen molar-refractivity contribution in [2.45, 2.75) is 64.5 Å². The SMILES string of the molecule is CC(C)(C)OC(=O)N1C(=O)CCC1C(=O)N1CC2CCC[C@@H](C(=O)Nc3ccc4nncn4c3)C2C1. The first-order chi connectivity index (χ1) is 17.1. The van der Waals surface area contributed by atoms with E-state index in [-0.39, 0.29) is 48.3 Å². The van der Waals surface area contributed by atoms with Gasteiger partial charge in [0.15, 0.2) is 5.65 Å². The summed E-state index contributed by atoms with van der Waals surface area (Å²) in [4.78, 5) is 54.6. The highest BCUT2D eigenvalue weighted by Gasteiger charge is 2.49. The lowest BCUT2D eigenvalue weighted by atomic mass is 9.73. The van der Waals surface area contributed by atoms with Gasteiger partial charge in [-0.2, -0.15) is 0 Å². The second-order valence-corrected chi connectivity index (χ2v) is 11.0. The van der Waals surface area contributed by atoms with Gasteiger partial charge in [0.25, 0.3) is 0 Å². The van der Waals surface area contributed by atoms with Crippen molar-refractivity contribution in [3.05, 3.63) is 24.7 Å². The highest BCUT2D eigenvalue weighted by molar-refractivity contribution is 6.01. The Morgan fingerprint density at radius 3 is 2.69 bits per heavy atom. The number of carbonyl (C=O) groups excluding carboxylic acids is 4. The number of fused-ring (bicyclic) bond motifs is 2. The molecule has 0 aromatic carbocycles. The molecule has 5 rings (SSSR count). The fourth-order valence-corrected chi connectivity index (χ4v) is 5.78. The molecule has 2 aliphatic heterocycles. The van der Waals surface area contributed by atoms with Gasteiger partial charge in [0.2, 0.25) is 17.7 Å². The number of carbonyl (C=O) groups is 4. The van der Waals surface area contributed by atoms with Crippen molar-refractivity contribution in [3.63, 3.8) is 0 Å². The minimum absolute atomic E-state index is 0.0356. The van der Waals surface area contributed by atoms with Crippen LogP contribution in [0.4, 0.5) is 10.5 Å². The second kappa shape index (κ2) is 9.18. The van der Waals surface area contributed by atoms with Gasteiger partial charge in [-0.15, -0.1) is 10.2 Å². The zero-order valence-electron chi connectivity index (χ0n) is 20.8. The first-order valence-electron chi connectivity index (χ1n) is 12.5. The summed E-state index contributed by atoms with van der Waals surface area (Å²) in [6.45, 7) is 6.15. The Morgan fingerprint density at radius 2 is 1.92 bits per heavy atom. The summed E-state index contributed by atoms with van der Waals surface area (Å²) in [5.74, 6) is -0.651. The Hall–Kier alpha value is -3.50. The first kappa shape index (κ1) is 24.2. The van der Waals surface area contributed by atoms with Crippen LogP contribution in [0.2, 0.25) is 0 Å². The molecule has 0 radical (unpaired) electrons. The van der Waals surface area contributed by atoms with E-state index in [4.69, 9.17) is 4.74 Å². The Balaban J connectivity index is 1.27. The predicted octanol–water partition coefficient (Wildman–Crippen LogP) is 2.47. The topological polar surface area (TPSA) is 126 Å². The van der Waals surface area contributed by atoms with Gasteiger partial charge in [-0.1, -0.05) is 6.42 Å². The predicted molar refractivity (Wildman–Crippen MR) is 129 cm³/mol. The summed E-state index contributed by atoms with van der Waals surface area (Å²) >= 11 is 0. The van der Waals surface area contributed by atoms with Crippen molar-refractivity contribution in [2.24, 2.45) is 17.8 Å². The summed E-state index contributed by atoms with van der Waals surface area (Å²) in [6.07, 6.45) is 5.63. The van der Waals surface area contributed by atoms with Crippen molar-refractivity contribution < 1.29 is 23.9 Å². The molecule has 3 aliphatic rings. The number of ether oxygens (including phenoxy) is 1. The average Bonchev–Trinajstić information content (AvgIpc) is 3.54. The molecular weight excluding hydrogens is 464 g/mol. The van der Waals surface area contributed by atoms with E-state index in [1.165, 1.54) is 0 Å². The molecule has 1 aliphatic carbocycles. The fourth-order valence-electron chi connectivity index (χ4n) is 5.78. The van der Waals surface area contributed by atoms with Crippen LogP contribution in [0, 0.1) is 17.8 Å². The molecule has 11 nitrogen and oxygen atoms in total. The largest absolute Gasteiger partial charge is 0.443 e. The fraction of sp³-hybridized carbons (Fsp3) is 0.600.